The van der Waals surface area contributed by atoms with E-state index in [2.05, 4.69) is 20.6 Å². The molecule has 2 aromatic rings. The fraction of sp³-hybridized carbons (Fsp3) is 0.154. The van der Waals surface area contributed by atoms with E-state index in [0.717, 1.165) is 5.56 Å². The van der Waals surface area contributed by atoms with E-state index in [1.807, 2.05) is 13.0 Å². The van der Waals surface area contributed by atoms with Gasteiger partial charge < -0.3 is 10.6 Å². The van der Waals surface area contributed by atoms with E-state index < -0.39 is 0 Å². The number of halogens is 1. The van der Waals surface area contributed by atoms with Gasteiger partial charge in [-0.1, -0.05) is 17.7 Å². The van der Waals surface area contributed by atoms with Crippen molar-refractivity contribution >= 4 is 29.0 Å². The van der Waals surface area contributed by atoms with Crippen molar-refractivity contribution in [1.29, 1.82) is 0 Å². The summed E-state index contributed by atoms with van der Waals surface area (Å²) in [4.78, 5) is 20.0. The molecule has 1 aromatic carbocycles. The number of amides is 1. The summed E-state index contributed by atoms with van der Waals surface area (Å²) in [5.74, 6) is 0.208. The van der Waals surface area contributed by atoms with Gasteiger partial charge in [0.2, 0.25) is 0 Å². The van der Waals surface area contributed by atoms with Crippen molar-refractivity contribution in [1.82, 2.24) is 9.97 Å². The lowest BCUT2D eigenvalue weighted by atomic mass is 10.2. The van der Waals surface area contributed by atoms with Gasteiger partial charge in [-0.3, -0.25) is 9.78 Å². The second kappa shape index (κ2) is 5.67. The minimum absolute atomic E-state index is 0.239. The third-order valence-corrected chi connectivity index (χ3v) is 2.96. The number of carbonyl (C=O) groups is 1. The SMILES string of the molecule is CNc1cncc(C(=O)Nc2ccc(C)c(Cl)c2)n1. The molecule has 2 rings (SSSR count). The fourth-order valence-electron chi connectivity index (χ4n) is 1.46. The summed E-state index contributed by atoms with van der Waals surface area (Å²) in [6.45, 7) is 1.90. The molecule has 0 radical (unpaired) electrons. The second-order valence-corrected chi connectivity index (χ2v) is 4.36. The van der Waals surface area contributed by atoms with E-state index in [-0.39, 0.29) is 11.6 Å². The van der Waals surface area contributed by atoms with Gasteiger partial charge in [-0.25, -0.2) is 4.98 Å². The Labute approximate surface area is 116 Å². The number of nitrogens with zero attached hydrogens (tertiary/aromatic N) is 2. The molecule has 0 fully saturated rings. The number of aryl methyl sites for hydroxylation is 1. The normalized spacial score (nSPS) is 10.1. The number of aromatic nitrogens is 2. The molecule has 2 N–H and O–H groups in total. The highest BCUT2D eigenvalue weighted by atomic mass is 35.5. The third-order valence-electron chi connectivity index (χ3n) is 2.55. The fourth-order valence-corrected chi connectivity index (χ4v) is 1.64. The summed E-state index contributed by atoms with van der Waals surface area (Å²) in [7, 11) is 1.71. The average Bonchev–Trinajstić information content (AvgIpc) is 2.43. The molecule has 0 atom stereocenters. The first-order valence-electron chi connectivity index (χ1n) is 5.67. The summed E-state index contributed by atoms with van der Waals surface area (Å²) < 4.78 is 0. The van der Waals surface area contributed by atoms with Crippen LogP contribution in [0.2, 0.25) is 5.02 Å². The maximum Gasteiger partial charge on any atom is 0.275 e. The van der Waals surface area contributed by atoms with E-state index in [1.165, 1.54) is 6.20 Å². The van der Waals surface area contributed by atoms with Crippen LogP contribution in [0.3, 0.4) is 0 Å². The van der Waals surface area contributed by atoms with Gasteiger partial charge in [0.15, 0.2) is 0 Å². The molecule has 0 aliphatic carbocycles. The van der Waals surface area contributed by atoms with Gasteiger partial charge in [-0.05, 0) is 24.6 Å². The van der Waals surface area contributed by atoms with Crippen LogP contribution in [0, 0.1) is 6.92 Å². The highest BCUT2D eigenvalue weighted by Crippen LogP contribution is 2.20. The molecular formula is C13H13ClN4O. The molecule has 0 saturated heterocycles. The molecule has 6 heteroatoms. The summed E-state index contributed by atoms with van der Waals surface area (Å²) in [5.41, 5.74) is 1.82. The molecule has 1 aromatic heterocycles. The maximum absolute atomic E-state index is 12.0. The minimum Gasteiger partial charge on any atom is -0.372 e. The van der Waals surface area contributed by atoms with Crippen LogP contribution < -0.4 is 10.6 Å². The number of benzene rings is 1. The first-order chi connectivity index (χ1) is 9.10. The van der Waals surface area contributed by atoms with Crippen LogP contribution in [0.25, 0.3) is 0 Å². The summed E-state index contributed by atoms with van der Waals surface area (Å²) >= 11 is 6.00. The van der Waals surface area contributed by atoms with Gasteiger partial charge in [-0.15, -0.1) is 0 Å². The molecule has 98 valence electrons. The Bertz CT molecular complexity index is 615. The topological polar surface area (TPSA) is 66.9 Å². The number of carbonyl (C=O) groups excluding carboxylic acids is 1. The largest absolute Gasteiger partial charge is 0.372 e. The number of anilines is 2. The Morgan fingerprint density at radius 1 is 1.32 bits per heavy atom. The molecule has 0 saturated carbocycles. The summed E-state index contributed by atoms with van der Waals surface area (Å²) in [6, 6.07) is 5.33. The van der Waals surface area contributed by atoms with Crippen LogP contribution in [-0.4, -0.2) is 22.9 Å². The number of hydrogen-bond acceptors (Lipinski definition) is 4. The zero-order valence-corrected chi connectivity index (χ0v) is 11.3. The van der Waals surface area contributed by atoms with Crippen molar-refractivity contribution in [3.63, 3.8) is 0 Å². The molecule has 1 amide bonds. The minimum atomic E-state index is -0.329. The molecular weight excluding hydrogens is 264 g/mol. The molecule has 1 heterocycles. The standard InChI is InChI=1S/C13H13ClN4O/c1-8-3-4-9(5-10(8)14)17-13(19)11-6-16-7-12(15-2)18-11/h3-7H,1-2H3,(H,15,18)(H,17,19). The first kappa shape index (κ1) is 13.3. The lowest BCUT2D eigenvalue weighted by Crippen LogP contribution is -2.14. The summed E-state index contributed by atoms with van der Waals surface area (Å²) in [5, 5.41) is 6.16. The van der Waals surface area contributed by atoms with Crippen molar-refractivity contribution in [2.75, 3.05) is 17.7 Å². The van der Waals surface area contributed by atoms with E-state index in [9.17, 15) is 4.79 Å². The van der Waals surface area contributed by atoms with Crippen molar-refractivity contribution < 1.29 is 4.79 Å². The van der Waals surface area contributed by atoms with Crippen LogP contribution in [-0.2, 0) is 0 Å². The highest BCUT2D eigenvalue weighted by Gasteiger charge is 2.09. The van der Waals surface area contributed by atoms with E-state index >= 15 is 0 Å². The lowest BCUT2D eigenvalue weighted by molar-refractivity contribution is 0.102. The van der Waals surface area contributed by atoms with E-state index in [1.54, 1.807) is 25.4 Å². The molecule has 0 aliphatic heterocycles. The Balaban J connectivity index is 2.18. The van der Waals surface area contributed by atoms with E-state index in [4.69, 9.17) is 11.6 Å². The Kier molecular flexibility index (Phi) is 3.97. The molecule has 0 bridgehead atoms. The smallest absolute Gasteiger partial charge is 0.275 e. The summed E-state index contributed by atoms with van der Waals surface area (Å²) in [6.07, 6.45) is 2.95. The van der Waals surface area contributed by atoms with Gasteiger partial charge in [0, 0.05) is 17.8 Å². The maximum atomic E-state index is 12.0. The Morgan fingerprint density at radius 2 is 2.11 bits per heavy atom. The van der Waals surface area contributed by atoms with Crippen LogP contribution in [0.4, 0.5) is 11.5 Å². The van der Waals surface area contributed by atoms with Gasteiger partial charge in [-0.2, -0.15) is 0 Å². The van der Waals surface area contributed by atoms with Crippen molar-refractivity contribution in [2.24, 2.45) is 0 Å². The zero-order valence-electron chi connectivity index (χ0n) is 10.6. The van der Waals surface area contributed by atoms with Gasteiger partial charge in [0.25, 0.3) is 5.91 Å². The van der Waals surface area contributed by atoms with Crippen LogP contribution >= 0.6 is 11.6 Å². The highest BCUT2D eigenvalue weighted by molar-refractivity contribution is 6.31. The predicted octanol–water partition coefficient (Wildman–Crippen LogP) is 2.73. The van der Waals surface area contributed by atoms with Crippen LogP contribution in [0.5, 0.6) is 0 Å². The van der Waals surface area contributed by atoms with E-state index in [0.29, 0.717) is 16.5 Å². The Hall–Kier alpha value is -2.14. The molecule has 0 spiro atoms. The van der Waals surface area contributed by atoms with Crippen LogP contribution in [0.15, 0.2) is 30.6 Å². The van der Waals surface area contributed by atoms with Crippen LogP contribution in [0.1, 0.15) is 16.1 Å². The average molecular weight is 277 g/mol. The number of hydrogen-bond donors (Lipinski definition) is 2. The van der Waals surface area contributed by atoms with Gasteiger partial charge >= 0.3 is 0 Å². The van der Waals surface area contributed by atoms with Crippen molar-refractivity contribution in [2.45, 2.75) is 6.92 Å². The first-order valence-corrected chi connectivity index (χ1v) is 6.05. The Morgan fingerprint density at radius 3 is 2.79 bits per heavy atom. The third kappa shape index (κ3) is 3.20. The van der Waals surface area contributed by atoms with Crippen molar-refractivity contribution in [3.8, 4) is 0 Å². The predicted molar refractivity (Wildman–Crippen MR) is 75.7 cm³/mol. The van der Waals surface area contributed by atoms with Gasteiger partial charge in [0.05, 0.1) is 12.4 Å². The molecule has 0 unspecified atom stereocenters. The number of rotatable bonds is 3. The number of nitrogens with one attached hydrogen (secondary N) is 2. The lowest BCUT2D eigenvalue weighted by Gasteiger charge is -2.07. The monoisotopic (exact) mass is 276 g/mol. The second-order valence-electron chi connectivity index (χ2n) is 3.96. The quantitative estimate of drug-likeness (QED) is 0.905. The molecule has 5 nitrogen and oxygen atoms in total. The van der Waals surface area contributed by atoms with Crippen molar-refractivity contribution in [3.05, 3.63) is 46.9 Å². The van der Waals surface area contributed by atoms with Gasteiger partial charge in [0.1, 0.15) is 11.5 Å². The molecule has 19 heavy (non-hydrogen) atoms. The zero-order chi connectivity index (χ0) is 13.8. The molecule has 0 aliphatic rings.